The Labute approximate surface area is 54.2 Å². The molecule has 4 N–H and O–H groups in total. The largest absolute Gasteiger partial charge is 0.279 e. The van der Waals surface area contributed by atoms with Crippen molar-refractivity contribution in [3.63, 3.8) is 0 Å². The van der Waals surface area contributed by atoms with Gasteiger partial charge in [-0.25, -0.2) is 0 Å². The molecule has 0 amide bonds. The topological polar surface area (TPSA) is 55.3 Å². The number of hydrogen-bond donors (Lipinski definition) is 2. The average molecular weight is 151 g/mol. The summed E-state index contributed by atoms with van der Waals surface area (Å²) in [6.45, 7) is 0.00521. The van der Waals surface area contributed by atoms with Gasteiger partial charge in [-0.05, 0) is 18.2 Å². The van der Waals surface area contributed by atoms with E-state index in [4.69, 9.17) is 22.8 Å². The molecule has 1 rings (SSSR count). The Kier molecular flexibility index (Phi) is 1.70. The van der Waals surface area contributed by atoms with Crippen molar-refractivity contribution in [3.8, 4) is 0 Å². The second-order valence-corrected chi connectivity index (χ2v) is 5.65. The van der Waals surface area contributed by atoms with Crippen LogP contribution in [-0.2, 0) is 11.8 Å². The number of nitrogens with two attached hydrogens (primary N) is 2. The maximum atomic E-state index is 5.47. The minimum absolute atomic E-state index is 1.00. The summed E-state index contributed by atoms with van der Waals surface area (Å²) < 4.78 is 1.97. The highest BCUT2D eigenvalue weighted by Crippen LogP contribution is 2.36. The molecule has 1 aliphatic heterocycles. The lowest BCUT2D eigenvalue weighted by Crippen LogP contribution is -2.39. The van der Waals surface area contributed by atoms with Gasteiger partial charge in [0, 0.05) is 13.1 Å². The van der Waals surface area contributed by atoms with Crippen LogP contribution >= 0.6 is 6.49 Å². The van der Waals surface area contributed by atoms with Gasteiger partial charge in [0.05, 0.1) is 0 Å². The molecule has 0 aromatic carbocycles. The Bertz CT molecular complexity index is 126. The van der Waals surface area contributed by atoms with Gasteiger partial charge in [0.1, 0.15) is 6.49 Å². The lowest BCUT2D eigenvalue weighted by molar-refractivity contribution is 0.329. The summed E-state index contributed by atoms with van der Waals surface area (Å²) in [5.41, 5.74) is 10.9. The van der Waals surface area contributed by atoms with Gasteiger partial charge in [-0.2, -0.15) is 0 Å². The first kappa shape index (κ1) is 6.65. The summed E-state index contributed by atoms with van der Waals surface area (Å²) in [5.74, 6) is 0. The molecule has 1 fully saturated rings. The van der Waals surface area contributed by atoms with Crippen LogP contribution in [0.25, 0.3) is 0 Å². The maximum absolute atomic E-state index is 5.47. The van der Waals surface area contributed by atoms with E-state index in [0.717, 1.165) is 13.1 Å². The second-order valence-electron chi connectivity index (χ2n) is 1.98. The molecule has 5 heteroatoms. The van der Waals surface area contributed by atoms with Crippen LogP contribution in [-0.4, -0.2) is 17.8 Å². The molecule has 48 valence electrons. The van der Waals surface area contributed by atoms with Gasteiger partial charge in [-0.1, -0.05) is 0 Å². The molecule has 0 saturated carbocycles. The van der Waals surface area contributed by atoms with Crippen molar-refractivity contribution in [2.45, 2.75) is 6.42 Å². The lowest BCUT2D eigenvalue weighted by Gasteiger charge is -2.35. The summed E-state index contributed by atoms with van der Waals surface area (Å²) in [6, 6.07) is 0. The zero-order chi connectivity index (χ0) is 6.20. The van der Waals surface area contributed by atoms with Crippen molar-refractivity contribution in [2.75, 3.05) is 13.1 Å². The molecule has 0 radical (unpaired) electrons. The highest BCUT2D eigenvalue weighted by Gasteiger charge is 2.22. The molecular formula is C3H10N3PS. The van der Waals surface area contributed by atoms with Crippen LogP contribution < -0.4 is 11.0 Å². The third-order valence-electron chi connectivity index (χ3n) is 1.27. The molecule has 0 bridgehead atoms. The Morgan fingerprint density at radius 3 is 1.88 bits per heavy atom. The minimum Gasteiger partial charge on any atom is -0.279 e. The molecule has 1 saturated heterocycles. The summed E-state index contributed by atoms with van der Waals surface area (Å²) in [6.07, 6.45) is 1.20. The van der Waals surface area contributed by atoms with Crippen molar-refractivity contribution in [1.29, 1.82) is 0 Å². The van der Waals surface area contributed by atoms with Crippen molar-refractivity contribution in [1.82, 2.24) is 4.67 Å². The molecule has 0 spiro atoms. The quantitative estimate of drug-likeness (QED) is 0.511. The maximum Gasteiger partial charge on any atom is 0.135 e. The fraction of sp³-hybridized carbons (Fsp3) is 1.00. The third kappa shape index (κ3) is 1.27. The zero-order valence-electron chi connectivity index (χ0n) is 4.58. The Balaban J connectivity index is 2.46. The van der Waals surface area contributed by atoms with Crippen molar-refractivity contribution >= 4 is 18.3 Å². The van der Waals surface area contributed by atoms with Crippen LogP contribution in [0.3, 0.4) is 0 Å². The van der Waals surface area contributed by atoms with E-state index in [9.17, 15) is 0 Å². The van der Waals surface area contributed by atoms with Crippen LogP contribution in [0.1, 0.15) is 6.42 Å². The Morgan fingerprint density at radius 2 is 1.88 bits per heavy atom. The highest BCUT2D eigenvalue weighted by atomic mass is 32.4. The van der Waals surface area contributed by atoms with E-state index in [1.807, 2.05) is 4.67 Å². The molecular weight excluding hydrogens is 141 g/mol. The SMILES string of the molecule is NP(N)(=S)N1CCC1. The van der Waals surface area contributed by atoms with Crippen LogP contribution in [0.15, 0.2) is 0 Å². The number of hydrogen-bond acceptors (Lipinski definition) is 1. The van der Waals surface area contributed by atoms with Crippen LogP contribution in [0, 0.1) is 0 Å². The summed E-state index contributed by atoms with van der Waals surface area (Å²) >= 11 is 4.85. The van der Waals surface area contributed by atoms with Crippen molar-refractivity contribution in [2.24, 2.45) is 11.0 Å². The molecule has 1 heterocycles. The molecule has 0 atom stereocenters. The molecule has 3 nitrogen and oxygen atoms in total. The number of rotatable bonds is 1. The molecule has 0 aliphatic carbocycles. The van der Waals surface area contributed by atoms with Gasteiger partial charge in [-0.15, -0.1) is 0 Å². The molecule has 0 unspecified atom stereocenters. The van der Waals surface area contributed by atoms with Crippen molar-refractivity contribution < 1.29 is 0 Å². The van der Waals surface area contributed by atoms with Gasteiger partial charge >= 0.3 is 0 Å². The molecule has 0 aromatic heterocycles. The van der Waals surface area contributed by atoms with Gasteiger partial charge in [0.25, 0.3) is 0 Å². The second kappa shape index (κ2) is 2.05. The normalized spacial score (nSPS) is 22.8. The van der Waals surface area contributed by atoms with E-state index in [0.29, 0.717) is 0 Å². The van der Waals surface area contributed by atoms with Crippen LogP contribution in [0.4, 0.5) is 0 Å². The monoisotopic (exact) mass is 151 g/mol. The predicted octanol–water partition coefficient (Wildman–Crippen LogP) is -0.166. The summed E-state index contributed by atoms with van der Waals surface area (Å²) in [7, 11) is 0. The standard InChI is InChI=1S/C3H10N3PS/c4-7(5,8)6-2-1-3-6/h1-3H2,(H4,4,5,8). The molecule has 0 aromatic rings. The van der Waals surface area contributed by atoms with Gasteiger partial charge in [0.15, 0.2) is 0 Å². The van der Waals surface area contributed by atoms with Gasteiger partial charge in [0.2, 0.25) is 0 Å². The van der Waals surface area contributed by atoms with Gasteiger partial charge < -0.3 is 0 Å². The highest BCUT2D eigenvalue weighted by molar-refractivity contribution is 8.11. The van der Waals surface area contributed by atoms with E-state index in [-0.39, 0.29) is 0 Å². The third-order valence-corrected chi connectivity index (χ3v) is 3.25. The predicted molar refractivity (Wildman–Crippen MR) is 38.8 cm³/mol. The fourth-order valence-electron chi connectivity index (χ4n) is 0.612. The first-order valence-electron chi connectivity index (χ1n) is 2.53. The fourth-order valence-corrected chi connectivity index (χ4v) is 2.01. The van der Waals surface area contributed by atoms with E-state index in [2.05, 4.69) is 0 Å². The first-order chi connectivity index (χ1) is 3.61. The van der Waals surface area contributed by atoms with E-state index in [1.54, 1.807) is 0 Å². The zero-order valence-corrected chi connectivity index (χ0v) is 6.29. The number of nitrogens with zero attached hydrogens (tertiary/aromatic N) is 1. The van der Waals surface area contributed by atoms with Crippen LogP contribution in [0.5, 0.6) is 0 Å². The average Bonchev–Trinajstić information content (AvgIpc) is 1.16. The van der Waals surface area contributed by atoms with Crippen molar-refractivity contribution in [3.05, 3.63) is 0 Å². The summed E-state index contributed by atoms with van der Waals surface area (Å²) in [5, 5.41) is 0. The van der Waals surface area contributed by atoms with E-state index < -0.39 is 6.49 Å². The summed E-state index contributed by atoms with van der Waals surface area (Å²) in [4.78, 5) is 0. The first-order valence-corrected chi connectivity index (χ1v) is 5.42. The van der Waals surface area contributed by atoms with Crippen LogP contribution in [0.2, 0.25) is 0 Å². The molecule has 1 aliphatic rings. The Morgan fingerprint density at radius 1 is 1.38 bits per heavy atom. The molecule has 8 heavy (non-hydrogen) atoms. The minimum atomic E-state index is -2.00. The Hall–Kier alpha value is 0.530. The lowest BCUT2D eigenvalue weighted by atomic mass is 10.3. The smallest absolute Gasteiger partial charge is 0.135 e. The van der Waals surface area contributed by atoms with E-state index >= 15 is 0 Å². The van der Waals surface area contributed by atoms with E-state index in [1.165, 1.54) is 6.42 Å². The van der Waals surface area contributed by atoms with Gasteiger partial charge in [-0.3, -0.25) is 15.7 Å².